The summed E-state index contributed by atoms with van der Waals surface area (Å²) in [4.78, 5) is 26.0. The van der Waals surface area contributed by atoms with Crippen LogP contribution in [0.1, 0.15) is 30.0 Å². The monoisotopic (exact) mass is 461 g/mol. The lowest BCUT2D eigenvalue weighted by Gasteiger charge is -2.34. The molecule has 1 aliphatic rings. The molecule has 1 aromatic carbocycles. The van der Waals surface area contributed by atoms with Gasteiger partial charge in [-0.25, -0.2) is 13.2 Å². The van der Waals surface area contributed by atoms with Crippen LogP contribution in [0, 0.1) is 11.3 Å². The van der Waals surface area contributed by atoms with Crippen LogP contribution in [0.3, 0.4) is 0 Å². The second kappa shape index (κ2) is 9.84. The molecule has 1 fully saturated rings. The normalized spacial score (nSPS) is 15.6. The highest BCUT2D eigenvalue weighted by molar-refractivity contribution is 7.89. The molecule has 0 bridgehead atoms. The van der Waals surface area contributed by atoms with Gasteiger partial charge in [0.1, 0.15) is 5.75 Å². The maximum absolute atomic E-state index is 12.8. The number of ether oxygens (including phenoxy) is 2. The van der Waals surface area contributed by atoms with E-state index in [0.29, 0.717) is 11.3 Å². The van der Waals surface area contributed by atoms with Crippen LogP contribution < -0.4 is 4.74 Å². The van der Waals surface area contributed by atoms with E-state index in [4.69, 9.17) is 19.2 Å². The van der Waals surface area contributed by atoms with E-state index in [1.807, 2.05) is 6.07 Å². The molecular formula is C21H23N3O7S. The van der Waals surface area contributed by atoms with Crippen molar-refractivity contribution in [3.63, 3.8) is 0 Å². The Balaban J connectivity index is 1.59. The molecule has 10 nitrogen and oxygen atoms in total. The van der Waals surface area contributed by atoms with Crippen LogP contribution >= 0.6 is 0 Å². The van der Waals surface area contributed by atoms with Crippen molar-refractivity contribution in [2.75, 3.05) is 32.8 Å². The van der Waals surface area contributed by atoms with Crippen LogP contribution in [-0.4, -0.2) is 68.4 Å². The smallest absolute Gasteiger partial charge is 0.374 e. The van der Waals surface area contributed by atoms with E-state index < -0.39 is 22.1 Å². The van der Waals surface area contributed by atoms with Crippen molar-refractivity contribution in [1.82, 2.24) is 9.21 Å². The summed E-state index contributed by atoms with van der Waals surface area (Å²) in [5.41, 5.74) is 0.421. The zero-order valence-corrected chi connectivity index (χ0v) is 18.5. The lowest BCUT2D eigenvalue weighted by molar-refractivity contribution is -0.139. The van der Waals surface area contributed by atoms with Crippen molar-refractivity contribution in [2.45, 2.75) is 25.0 Å². The predicted molar refractivity (Wildman–Crippen MR) is 111 cm³/mol. The van der Waals surface area contributed by atoms with Gasteiger partial charge in [-0.3, -0.25) is 4.79 Å². The minimum absolute atomic E-state index is 0.0696. The fraction of sp³-hybridized carbons (Fsp3) is 0.381. The van der Waals surface area contributed by atoms with Crippen LogP contribution in [0.25, 0.3) is 0 Å². The Morgan fingerprint density at radius 3 is 2.56 bits per heavy atom. The lowest BCUT2D eigenvalue weighted by atomic mass is 10.2. The van der Waals surface area contributed by atoms with Gasteiger partial charge in [-0.15, -0.1) is 0 Å². The van der Waals surface area contributed by atoms with Crippen molar-refractivity contribution >= 4 is 21.9 Å². The van der Waals surface area contributed by atoms with Gasteiger partial charge >= 0.3 is 5.97 Å². The van der Waals surface area contributed by atoms with Crippen LogP contribution in [0.2, 0.25) is 0 Å². The summed E-state index contributed by atoms with van der Waals surface area (Å²) in [7, 11) is -3.96. The number of hydrogen-bond donors (Lipinski definition) is 0. The Bertz CT molecular complexity index is 1130. The Labute approximate surface area is 186 Å². The van der Waals surface area contributed by atoms with Gasteiger partial charge in [0, 0.05) is 26.2 Å². The fourth-order valence-corrected chi connectivity index (χ4v) is 4.53. The molecule has 2 aromatic rings. The van der Waals surface area contributed by atoms with E-state index in [1.165, 1.54) is 21.3 Å². The first kappa shape index (κ1) is 23.3. The summed E-state index contributed by atoms with van der Waals surface area (Å²) in [6, 6.07) is 11.0. The molecule has 1 unspecified atom stereocenters. The average Bonchev–Trinajstić information content (AvgIpc) is 3.30. The number of nitrogens with zero attached hydrogens (tertiary/aromatic N) is 3. The molecule has 170 valence electrons. The number of benzene rings is 1. The number of piperazine rings is 1. The molecule has 0 saturated carbocycles. The number of esters is 1. The van der Waals surface area contributed by atoms with Gasteiger partial charge in [-0.1, -0.05) is 6.07 Å². The highest BCUT2D eigenvalue weighted by Crippen LogP contribution is 2.22. The number of amides is 1. The molecule has 0 radical (unpaired) electrons. The van der Waals surface area contributed by atoms with E-state index in [0.717, 1.165) is 0 Å². The summed E-state index contributed by atoms with van der Waals surface area (Å²) >= 11 is 0. The number of rotatable bonds is 7. The number of hydrogen-bond acceptors (Lipinski definition) is 8. The largest absolute Gasteiger partial charge is 0.481 e. The standard InChI is InChI=1S/C21H23N3O7S/c1-3-29-21(26)18-7-8-19(31-18)32(27,28)24-11-9-23(10-12-24)20(25)15(2)30-17-6-4-5-16(13-17)14-22/h4-8,13,15H,3,9-12H2,1-2H3. The summed E-state index contributed by atoms with van der Waals surface area (Å²) in [6.45, 7) is 3.87. The van der Waals surface area contributed by atoms with Gasteiger partial charge in [0.2, 0.25) is 10.9 Å². The SMILES string of the molecule is CCOC(=O)c1ccc(S(=O)(=O)N2CCN(C(=O)C(C)Oc3cccc(C#N)c3)CC2)o1. The Morgan fingerprint density at radius 1 is 1.19 bits per heavy atom. The first-order valence-corrected chi connectivity index (χ1v) is 11.4. The van der Waals surface area contributed by atoms with E-state index >= 15 is 0 Å². The zero-order chi connectivity index (χ0) is 23.3. The maximum Gasteiger partial charge on any atom is 0.374 e. The molecule has 2 heterocycles. The van der Waals surface area contributed by atoms with Gasteiger partial charge in [0.25, 0.3) is 15.9 Å². The third-order valence-corrected chi connectivity index (χ3v) is 6.60. The van der Waals surface area contributed by atoms with Gasteiger partial charge in [0.05, 0.1) is 18.2 Å². The minimum atomic E-state index is -3.96. The Kier molecular flexibility index (Phi) is 7.17. The molecular weight excluding hydrogens is 438 g/mol. The van der Waals surface area contributed by atoms with Crippen LogP contribution in [-0.2, 0) is 19.6 Å². The molecule has 3 rings (SSSR count). The topological polar surface area (TPSA) is 130 Å². The summed E-state index contributed by atoms with van der Waals surface area (Å²) < 4.78 is 42.5. The van der Waals surface area contributed by atoms with Gasteiger partial charge < -0.3 is 18.8 Å². The summed E-state index contributed by atoms with van der Waals surface area (Å²) in [5.74, 6) is -0.808. The second-order valence-electron chi connectivity index (χ2n) is 6.97. The molecule has 1 saturated heterocycles. The fourth-order valence-electron chi connectivity index (χ4n) is 3.20. The molecule has 1 atom stereocenters. The van der Waals surface area contributed by atoms with E-state index in [1.54, 1.807) is 38.1 Å². The van der Waals surface area contributed by atoms with E-state index in [9.17, 15) is 18.0 Å². The first-order chi connectivity index (χ1) is 15.3. The number of furan rings is 1. The highest BCUT2D eigenvalue weighted by atomic mass is 32.2. The van der Waals surface area contributed by atoms with E-state index in [2.05, 4.69) is 0 Å². The number of nitriles is 1. The molecule has 32 heavy (non-hydrogen) atoms. The van der Waals surface area contributed by atoms with Crippen LogP contribution in [0.4, 0.5) is 0 Å². The zero-order valence-electron chi connectivity index (χ0n) is 17.7. The maximum atomic E-state index is 12.8. The van der Waals surface area contributed by atoms with Crippen LogP contribution in [0.5, 0.6) is 5.75 Å². The summed E-state index contributed by atoms with van der Waals surface area (Å²) in [5, 5.41) is 8.62. The third kappa shape index (κ3) is 5.09. The molecule has 0 N–H and O–H groups in total. The molecule has 11 heteroatoms. The van der Waals surface area contributed by atoms with Gasteiger partial charge in [0.15, 0.2) is 6.10 Å². The third-order valence-electron chi connectivity index (χ3n) is 4.83. The van der Waals surface area contributed by atoms with E-state index in [-0.39, 0.29) is 49.5 Å². The van der Waals surface area contributed by atoms with Crippen molar-refractivity contribution < 1.29 is 31.9 Å². The molecule has 1 amide bonds. The van der Waals surface area contributed by atoms with Crippen LogP contribution in [0.15, 0.2) is 45.9 Å². The molecule has 1 aliphatic heterocycles. The summed E-state index contributed by atoms with van der Waals surface area (Å²) in [6.07, 6.45) is -0.802. The Hall–Kier alpha value is -3.36. The van der Waals surface area contributed by atoms with Crippen molar-refractivity contribution in [3.05, 3.63) is 47.7 Å². The minimum Gasteiger partial charge on any atom is -0.481 e. The number of carbonyl (C=O) groups is 2. The quantitative estimate of drug-likeness (QED) is 0.569. The van der Waals surface area contributed by atoms with Gasteiger partial charge in [-0.2, -0.15) is 9.57 Å². The second-order valence-corrected chi connectivity index (χ2v) is 8.84. The molecule has 1 aromatic heterocycles. The first-order valence-electron chi connectivity index (χ1n) is 9.99. The lowest BCUT2D eigenvalue weighted by Crippen LogP contribution is -2.53. The number of carbonyl (C=O) groups excluding carboxylic acids is 2. The average molecular weight is 461 g/mol. The van der Waals surface area contributed by atoms with Gasteiger partial charge in [-0.05, 0) is 44.2 Å². The predicted octanol–water partition coefficient (Wildman–Crippen LogP) is 1.63. The Morgan fingerprint density at radius 2 is 1.91 bits per heavy atom. The van der Waals surface area contributed by atoms with Crippen molar-refractivity contribution in [3.8, 4) is 11.8 Å². The highest BCUT2D eigenvalue weighted by Gasteiger charge is 2.34. The number of sulfonamides is 1. The molecule has 0 aliphatic carbocycles. The van der Waals surface area contributed by atoms with Crippen molar-refractivity contribution in [1.29, 1.82) is 5.26 Å². The van der Waals surface area contributed by atoms with Crippen molar-refractivity contribution in [2.24, 2.45) is 0 Å². The molecule has 0 spiro atoms.